The maximum Gasteiger partial charge on any atom is 0.126 e. The summed E-state index contributed by atoms with van der Waals surface area (Å²) in [5.41, 5.74) is 5.63. The van der Waals surface area contributed by atoms with Crippen LogP contribution in [0, 0.1) is 12.7 Å². The van der Waals surface area contributed by atoms with E-state index in [-0.39, 0.29) is 5.82 Å². The molecule has 1 aliphatic rings. The third-order valence-corrected chi connectivity index (χ3v) is 4.06. The molecule has 0 fully saturated rings. The molecule has 0 radical (unpaired) electrons. The van der Waals surface area contributed by atoms with E-state index >= 15 is 0 Å². The number of halogens is 1. The van der Waals surface area contributed by atoms with Gasteiger partial charge in [0.1, 0.15) is 5.82 Å². The van der Waals surface area contributed by atoms with E-state index in [2.05, 4.69) is 30.4 Å². The van der Waals surface area contributed by atoms with Crippen molar-refractivity contribution in [3.05, 3.63) is 64.5 Å². The molecule has 2 aromatic carbocycles. The smallest absolute Gasteiger partial charge is 0.126 e. The van der Waals surface area contributed by atoms with E-state index in [1.54, 1.807) is 13.0 Å². The van der Waals surface area contributed by atoms with E-state index < -0.39 is 0 Å². The number of hydrogen-bond donors (Lipinski definition) is 1. The zero-order chi connectivity index (χ0) is 14.1. The zero-order valence-electron chi connectivity index (χ0n) is 12.0. The van der Waals surface area contributed by atoms with Crippen LogP contribution in [0.1, 0.15) is 35.6 Å². The van der Waals surface area contributed by atoms with Gasteiger partial charge in [-0.1, -0.05) is 24.3 Å². The van der Waals surface area contributed by atoms with Gasteiger partial charge in [-0.15, -0.1) is 0 Å². The average Bonchev–Trinajstić information content (AvgIpc) is 2.43. The van der Waals surface area contributed by atoms with Gasteiger partial charge in [-0.2, -0.15) is 0 Å². The molecule has 1 heterocycles. The van der Waals surface area contributed by atoms with Crippen LogP contribution >= 0.6 is 0 Å². The summed E-state index contributed by atoms with van der Waals surface area (Å²) in [6.07, 6.45) is 3.09. The minimum absolute atomic E-state index is 0.115. The van der Waals surface area contributed by atoms with E-state index in [0.717, 1.165) is 18.4 Å². The molecule has 2 heteroatoms. The van der Waals surface area contributed by atoms with Gasteiger partial charge in [-0.25, -0.2) is 4.39 Å². The van der Waals surface area contributed by atoms with Gasteiger partial charge in [0.15, 0.2) is 0 Å². The van der Waals surface area contributed by atoms with Crippen LogP contribution in [0.3, 0.4) is 0 Å². The van der Waals surface area contributed by atoms with E-state index in [1.165, 1.54) is 23.2 Å². The van der Waals surface area contributed by atoms with Gasteiger partial charge in [-0.05, 0) is 67.5 Å². The lowest BCUT2D eigenvalue weighted by Crippen LogP contribution is -2.21. The lowest BCUT2D eigenvalue weighted by Gasteiger charge is -2.24. The predicted molar refractivity (Wildman–Crippen MR) is 81.8 cm³/mol. The van der Waals surface area contributed by atoms with Crippen LogP contribution in [-0.4, -0.2) is 6.04 Å². The Kier molecular flexibility index (Phi) is 3.47. The van der Waals surface area contributed by atoms with E-state index in [9.17, 15) is 4.39 Å². The number of fused-ring (bicyclic) bond motifs is 1. The average molecular weight is 269 g/mol. The van der Waals surface area contributed by atoms with Crippen molar-refractivity contribution >= 4 is 5.69 Å². The highest BCUT2D eigenvalue weighted by Gasteiger charge is 2.14. The van der Waals surface area contributed by atoms with Crippen LogP contribution < -0.4 is 5.32 Å². The topological polar surface area (TPSA) is 12.0 Å². The van der Waals surface area contributed by atoms with Crippen molar-refractivity contribution < 1.29 is 4.39 Å². The van der Waals surface area contributed by atoms with Gasteiger partial charge in [0.05, 0.1) is 0 Å². The first-order valence-electron chi connectivity index (χ1n) is 7.25. The van der Waals surface area contributed by atoms with Crippen LogP contribution in [-0.2, 0) is 12.8 Å². The summed E-state index contributed by atoms with van der Waals surface area (Å²) in [6, 6.07) is 12.6. The largest absolute Gasteiger partial charge is 0.382 e. The molecule has 104 valence electrons. The zero-order valence-corrected chi connectivity index (χ0v) is 12.0. The fourth-order valence-corrected chi connectivity index (χ4v) is 2.80. The Morgan fingerprint density at radius 3 is 2.70 bits per heavy atom. The van der Waals surface area contributed by atoms with Crippen LogP contribution in [0.25, 0.3) is 0 Å². The molecule has 3 rings (SSSR count). The lowest BCUT2D eigenvalue weighted by atomic mass is 9.95. The number of benzene rings is 2. The summed E-state index contributed by atoms with van der Waals surface area (Å²) in [6.45, 7) is 4.01. The molecule has 0 aromatic heterocycles. The summed E-state index contributed by atoms with van der Waals surface area (Å²) in [5.74, 6) is -0.115. The van der Waals surface area contributed by atoms with Gasteiger partial charge in [0.25, 0.3) is 0 Å². The Balaban J connectivity index is 1.83. The maximum atomic E-state index is 13.6. The Morgan fingerprint density at radius 1 is 1.15 bits per heavy atom. The number of hydrogen-bond acceptors (Lipinski definition) is 1. The van der Waals surface area contributed by atoms with Crippen molar-refractivity contribution in [2.45, 2.75) is 39.2 Å². The quantitative estimate of drug-likeness (QED) is 0.848. The molecule has 0 saturated heterocycles. The highest BCUT2D eigenvalue weighted by molar-refractivity contribution is 5.55. The summed E-state index contributed by atoms with van der Waals surface area (Å²) < 4.78 is 13.6. The molecule has 0 aliphatic carbocycles. The molecule has 1 nitrogen and oxygen atoms in total. The van der Waals surface area contributed by atoms with Crippen molar-refractivity contribution in [2.75, 3.05) is 5.32 Å². The van der Waals surface area contributed by atoms with Gasteiger partial charge in [0.2, 0.25) is 0 Å². The molecule has 0 spiro atoms. The van der Waals surface area contributed by atoms with Gasteiger partial charge >= 0.3 is 0 Å². The van der Waals surface area contributed by atoms with Crippen molar-refractivity contribution in [2.24, 2.45) is 0 Å². The number of aryl methyl sites for hydroxylation is 2. The van der Waals surface area contributed by atoms with Crippen LogP contribution in [0.5, 0.6) is 0 Å². The second-order valence-corrected chi connectivity index (χ2v) is 5.84. The maximum absolute atomic E-state index is 13.6. The Bertz CT molecular complexity index is 633. The van der Waals surface area contributed by atoms with Crippen molar-refractivity contribution in [1.29, 1.82) is 0 Å². The highest BCUT2D eigenvalue weighted by Crippen LogP contribution is 2.26. The summed E-state index contributed by atoms with van der Waals surface area (Å²) in [4.78, 5) is 0. The summed E-state index contributed by atoms with van der Waals surface area (Å²) in [5, 5.41) is 3.51. The molecule has 1 N–H and O–H groups in total. The summed E-state index contributed by atoms with van der Waals surface area (Å²) >= 11 is 0. The van der Waals surface area contributed by atoms with Gasteiger partial charge in [0, 0.05) is 11.7 Å². The molecule has 0 bridgehead atoms. The monoisotopic (exact) mass is 269 g/mol. The number of anilines is 1. The molecule has 0 saturated carbocycles. The standard InChI is InChI=1S/C18H20FN/c1-12-3-5-15(11-17(12)19)9-14-6-8-18-16(10-14)7-4-13(2)20-18/h3,5-6,8,10-11,13,20H,4,7,9H2,1-2H3. The van der Waals surface area contributed by atoms with Gasteiger partial charge < -0.3 is 5.32 Å². The predicted octanol–water partition coefficient (Wildman–Crippen LogP) is 4.47. The lowest BCUT2D eigenvalue weighted by molar-refractivity contribution is 0.616. The number of nitrogens with one attached hydrogen (secondary N) is 1. The van der Waals surface area contributed by atoms with E-state index in [4.69, 9.17) is 0 Å². The Morgan fingerprint density at radius 2 is 1.90 bits per heavy atom. The molecular formula is C18H20FN. The molecule has 2 aromatic rings. The molecule has 20 heavy (non-hydrogen) atoms. The minimum atomic E-state index is -0.115. The van der Waals surface area contributed by atoms with Crippen molar-refractivity contribution in [1.82, 2.24) is 0 Å². The minimum Gasteiger partial charge on any atom is -0.382 e. The van der Waals surface area contributed by atoms with Crippen LogP contribution in [0.2, 0.25) is 0 Å². The van der Waals surface area contributed by atoms with Crippen molar-refractivity contribution in [3.8, 4) is 0 Å². The Labute approximate surface area is 119 Å². The third-order valence-electron chi connectivity index (χ3n) is 4.06. The summed E-state index contributed by atoms with van der Waals surface area (Å²) in [7, 11) is 0. The normalized spacial score (nSPS) is 17.4. The molecular weight excluding hydrogens is 249 g/mol. The SMILES string of the molecule is Cc1ccc(Cc2ccc3c(c2)CCC(C)N3)cc1F. The van der Waals surface area contributed by atoms with Gasteiger partial charge in [-0.3, -0.25) is 0 Å². The fraction of sp³-hybridized carbons (Fsp3) is 0.333. The molecule has 1 atom stereocenters. The first kappa shape index (κ1) is 13.2. The highest BCUT2D eigenvalue weighted by atomic mass is 19.1. The van der Waals surface area contributed by atoms with Crippen molar-refractivity contribution in [3.63, 3.8) is 0 Å². The molecule has 0 amide bonds. The third kappa shape index (κ3) is 2.69. The van der Waals surface area contributed by atoms with Crippen LogP contribution in [0.4, 0.5) is 10.1 Å². The first-order valence-corrected chi connectivity index (χ1v) is 7.25. The molecule has 1 aliphatic heterocycles. The molecule has 1 unspecified atom stereocenters. The van der Waals surface area contributed by atoms with Crippen LogP contribution in [0.15, 0.2) is 36.4 Å². The Hall–Kier alpha value is -1.83. The number of rotatable bonds is 2. The fourth-order valence-electron chi connectivity index (χ4n) is 2.80. The second kappa shape index (κ2) is 5.28. The van der Waals surface area contributed by atoms with E-state index in [0.29, 0.717) is 11.6 Å². The van der Waals surface area contributed by atoms with E-state index in [1.807, 2.05) is 12.1 Å². The first-order chi connectivity index (χ1) is 9.61. The second-order valence-electron chi connectivity index (χ2n) is 5.84.